The first-order valence-corrected chi connectivity index (χ1v) is 9.84. The molecule has 3 aromatic rings. The number of rotatable bonds is 4. The zero-order chi connectivity index (χ0) is 18.8. The smallest absolute Gasteiger partial charge is 0.312 e. The van der Waals surface area contributed by atoms with E-state index in [-0.39, 0.29) is 5.97 Å². The van der Waals surface area contributed by atoms with E-state index in [2.05, 4.69) is 55.1 Å². The Morgan fingerprint density at radius 3 is 2.07 bits per heavy atom. The number of hydrogen-bond acceptors (Lipinski definition) is 4. The lowest BCUT2D eigenvalue weighted by Crippen LogP contribution is -2.25. The van der Waals surface area contributed by atoms with E-state index in [0.717, 1.165) is 11.4 Å². The summed E-state index contributed by atoms with van der Waals surface area (Å²) in [6.07, 6.45) is 0.320. The van der Waals surface area contributed by atoms with Gasteiger partial charge in [-0.1, -0.05) is 42.1 Å². The number of aryl methyl sites for hydroxylation is 2. The topological polar surface area (TPSA) is 29.5 Å². The van der Waals surface area contributed by atoms with Crippen molar-refractivity contribution >= 4 is 29.1 Å². The quantitative estimate of drug-likeness (QED) is 0.419. The molecule has 1 aliphatic rings. The summed E-state index contributed by atoms with van der Waals surface area (Å²) in [4.78, 5) is 17.0. The summed E-state index contributed by atoms with van der Waals surface area (Å²) >= 11 is 1.79. The second-order valence-electron chi connectivity index (χ2n) is 6.73. The number of hydrogen-bond donors (Lipinski definition) is 0. The average Bonchev–Trinajstić information content (AvgIpc) is 2.65. The highest BCUT2D eigenvalue weighted by atomic mass is 32.2. The molecule has 1 heterocycles. The first-order chi connectivity index (χ1) is 13.1. The average molecular weight is 375 g/mol. The fourth-order valence-corrected chi connectivity index (χ4v) is 4.51. The largest absolute Gasteiger partial charge is 0.426 e. The Morgan fingerprint density at radius 2 is 1.48 bits per heavy atom. The maximum absolute atomic E-state index is 12.3. The van der Waals surface area contributed by atoms with Gasteiger partial charge in [0, 0.05) is 16.3 Å². The summed E-state index contributed by atoms with van der Waals surface area (Å²) < 4.78 is 5.45. The first-order valence-electron chi connectivity index (χ1n) is 9.02. The van der Waals surface area contributed by atoms with E-state index < -0.39 is 0 Å². The summed E-state index contributed by atoms with van der Waals surface area (Å²) in [6.45, 7) is 4.79. The Morgan fingerprint density at radius 1 is 0.889 bits per heavy atom. The van der Waals surface area contributed by atoms with Crippen LogP contribution in [0.4, 0.5) is 11.4 Å². The van der Waals surface area contributed by atoms with E-state index in [0.29, 0.717) is 18.7 Å². The number of nitrogens with zero attached hydrogens (tertiary/aromatic N) is 1. The van der Waals surface area contributed by atoms with Crippen molar-refractivity contribution < 1.29 is 9.53 Å². The third-order valence-corrected chi connectivity index (χ3v) is 5.64. The normalized spacial score (nSPS) is 12.3. The summed E-state index contributed by atoms with van der Waals surface area (Å²) in [5, 5.41) is 0. The van der Waals surface area contributed by atoms with Crippen LogP contribution in [0.5, 0.6) is 5.75 Å². The van der Waals surface area contributed by atoms with Crippen LogP contribution in [0.25, 0.3) is 0 Å². The Bertz CT molecular complexity index is 933. The minimum atomic E-state index is -0.221. The number of benzene rings is 3. The fourth-order valence-electron chi connectivity index (χ4n) is 3.22. The van der Waals surface area contributed by atoms with E-state index in [1.165, 1.54) is 20.9 Å². The van der Waals surface area contributed by atoms with Gasteiger partial charge in [0.25, 0.3) is 0 Å². The molecule has 0 radical (unpaired) electrons. The van der Waals surface area contributed by atoms with Gasteiger partial charge in [0.15, 0.2) is 0 Å². The van der Waals surface area contributed by atoms with Gasteiger partial charge >= 0.3 is 5.97 Å². The summed E-state index contributed by atoms with van der Waals surface area (Å²) in [6, 6.07) is 22.2. The molecule has 0 unspecified atom stereocenters. The standard InChI is InChI=1S/C23H21NO2S/c1-16-8-10-19-21(14-16)27-22-15-17(2)9-11-20(22)24(19)13-12-23(25)26-18-6-4-3-5-7-18/h3-11,14-15H,12-13H2,1-2H3. The van der Waals surface area contributed by atoms with Crippen molar-refractivity contribution in [3.05, 3.63) is 77.9 Å². The zero-order valence-electron chi connectivity index (χ0n) is 15.4. The number of carbonyl (C=O) groups is 1. The molecule has 1 aliphatic heterocycles. The molecule has 0 amide bonds. The SMILES string of the molecule is Cc1ccc2c(c1)Sc1cc(C)ccc1N2CCC(=O)Oc1ccccc1. The second kappa shape index (κ2) is 7.49. The van der Waals surface area contributed by atoms with Crippen molar-refractivity contribution in [2.75, 3.05) is 11.4 Å². The van der Waals surface area contributed by atoms with Crippen molar-refractivity contribution in [3.63, 3.8) is 0 Å². The minimum Gasteiger partial charge on any atom is -0.426 e. The van der Waals surface area contributed by atoms with Gasteiger partial charge in [-0.2, -0.15) is 0 Å². The molecule has 27 heavy (non-hydrogen) atoms. The van der Waals surface area contributed by atoms with E-state index in [1.807, 2.05) is 18.2 Å². The monoisotopic (exact) mass is 375 g/mol. The molecule has 4 rings (SSSR count). The van der Waals surface area contributed by atoms with Gasteiger partial charge in [0.1, 0.15) is 5.75 Å². The number of para-hydroxylation sites is 1. The van der Waals surface area contributed by atoms with Crippen molar-refractivity contribution in [1.29, 1.82) is 0 Å². The van der Waals surface area contributed by atoms with Gasteiger partial charge in [-0.05, 0) is 61.4 Å². The van der Waals surface area contributed by atoms with Crippen LogP contribution in [0.3, 0.4) is 0 Å². The predicted molar refractivity (Wildman–Crippen MR) is 110 cm³/mol. The van der Waals surface area contributed by atoms with Crippen molar-refractivity contribution in [2.24, 2.45) is 0 Å². The van der Waals surface area contributed by atoms with Crippen LogP contribution in [-0.4, -0.2) is 12.5 Å². The fraction of sp³-hybridized carbons (Fsp3) is 0.174. The summed E-state index contributed by atoms with van der Waals surface area (Å²) in [5.74, 6) is 0.366. The molecule has 0 saturated heterocycles. The van der Waals surface area contributed by atoms with Gasteiger partial charge < -0.3 is 9.64 Å². The lowest BCUT2D eigenvalue weighted by molar-refractivity contribution is -0.134. The van der Waals surface area contributed by atoms with Gasteiger partial charge in [-0.15, -0.1) is 0 Å². The van der Waals surface area contributed by atoms with E-state index >= 15 is 0 Å². The van der Waals surface area contributed by atoms with Crippen LogP contribution >= 0.6 is 11.8 Å². The maximum atomic E-state index is 12.3. The molecule has 0 bridgehead atoms. The van der Waals surface area contributed by atoms with E-state index in [4.69, 9.17) is 4.74 Å². The number of ether oxygens (including phenoxy) is 1. The lowest BCUT2D eigenvalue weighted by Gasteiger charge is -2.33. The van der Waals surface area contributed by atoms with Gasteiger partial charge in [0.05, 0.1) is 17.8 Å². The Hall–Kier alpha value is -2.72. The molecule has 0 atom stereocenters. The zero-order valence-corrected chi connectivity index (χ0v) is 16.3. The maximum Gasteiger partial charge on any atom is 0.312 e. The van der Waals surface area contributed by atoms with Gasteiger partial charge in [-0.25, -0.2) is 0 Å². The van der Waals surface area contributed by atoms with E-state index in [1.54, 1.807) is 23.9 Å². The lowest BCUT2D eigenvalue weighted by atomic mass is 10.1. The van der Waals surface area contributed by atoms with Crippen molar-refractivity contribution in [3.8, 4) is 5.75 Å². The number of esters is 1. The predicted octanol–water partition coefficient (Wildman–Crippen LogP) is 5.90. The molecular weight excluding hydrogens is 354 g/mol. The molecule has 0 fully saturated rings. The molecule has 0 aromatic heterocycles. The van der Waals surface area contributed by atoms with Gasteiger partial charge in [-0.3, -0.25) is 4.79 Å². The highest BCUT2D eigenvalue weighted by Gasteiger charge is 2.24. The minimum absolute atomic E-state index is 0.221. The second-order valence-corrected chi connectivity index (χ2v) is 7.82. The number of carbonyl (C=O) groups excluding carboxylic acids is 1. The molecule has 4 heteroatoms. The van der Waals surface area contributed by atoms with Crippen molar-refractivity contribution in [1.82, 2.24) is 0 Å². The third-order valence-electron chi connectivity index (χ3n) is 4.55. The van der Waals surface area contributed by atoms with E-state index in [9.17, 15) is 4.79 Å². The highest BCUT2D eigenvalue weighted by molar-refractivity contribution is 7.99. The number of fused-ring (bicyclic) bond motifs is 2. The van der Waals surface area contributed by atoms with Crippen LogP contribution in [-0.2, 0) is 4.79 Å². The molecule has 0 aliphatic carbocycles. The molecule has 0 spiro atoms. The highest BCUT2D eigenvalue weighted by Crippen LogP contribution is 2.48. The van der Waals surface area contributed by atoms with Crippen LogP contribution < -0.4 is 9.64 Å². The molecule has 3 nitrogen and oxygen atoms in total. The summed E-state index contributed by atoms with van der Waals surface area (Å²) in [7, 11) is 0. The molecular formula is C23H21NO2S. The summed E-state index contributed by atoms with van der Waals surface area (Å²) in [5.41, 5.74) is 4.77. The molecule has 3 aromatic carbocycles. The molecule has 136 valence electrons. The number of anilines is 2. The van der Waals surface area contributed by atoms with Crippen LogP contribution in [0.15, 0.2) is 76.5 Å². The third kappa shape index (κ3) is 3.86. The van der Waals surface area contributed by atoms with Crippen LogP contribution in [0, 0.1) is 13.8 Å². The Balaban J connectivity index is 1.57. The van der Waals surface area contributed by atoms with Crippen LogP contribution in [0.2, 0.25) is 0 Å². The molecule has 0 saturated carbocycles. The van der Waals surface area contributed by atoms with Crippen LogP contribution in [0.1, 0.15) is 17.5 Å². The first kappa shape index (κ1) is 17.7. The molecule has 0 N–H and O–H groups in total. The Kier molecular flexibility index (Phi) is 4.90. The Labute approximate surface area is 164 Å². The van der Waals surface area contributed by atoms with Crippen molar-refractivity contribution in [2.45, 2.75) is 30.1 Å². The van der Waals surface area contributed by atoms with Gasteiger partial charge in [0.2, 0.25) is 0 Å².